The fourth-order valence-electron chi connectivity index (χ4n) is 3.46. The number of carbonyl (C=O) groups excluding carboxylic acids is 1. The Labute approximate surface area is 184 Å². The van der Waals surface area contributed by atoms with Gasteiger partial charge in [-0.05, 0) is 60.7 Å². The monoisotopic (exact) mass is 436 g/mol. The minimum Gasteiger partial charge on any atom is -0.345 e. The molecule has 0 heterocycles. The van der Waals surface area contributed by atoms with Crippen molar-refractivity contribution in [2.24, 2.45) is 5.92 Å². The van der Waals surface area contributed by atoms with Crippen LogP contribution in [0.2, 0.25) is 0 Å². The van der Waals surface area contributed by atoms with Crippen LogP contribution in [-0.2, 0) is 10.0 Å². The number of para-hydroxylation sites is 1. The molecule has 0 aliphatic heterocycles. The average molecular weight is 437 g/mol. The summed E-state index contributed by atoms with van der Waals surface area (Å²) in [5.74, 6) is -0.144. The molecule has 0 aliphatic rings. The summed E-state index contributed by atoms with van der Waals surface area (Å²) in [5.41, 5.74) is 3.78. The fraction of sp³-hybridized carbons (Fsp3) is 0.240. The second-order valence-corrected chi connectivity index (χ2v) is 9.68. The number of aryl methyl sites for hydroxylation is 2. The van der Waals surface area contributed by atoms with Crippen molar-refractivity contribution in [2.75, 3.05) is 4.72 Å². The molecule has 2 N–H and O–H groups in total. The van der Waals surface area contributed by atoms with Gasteiger partial charge in [-0.15, -0.1) is 0 Å². The second kappa shape index (κ2) is 9.35. The Morgan fingerprint density at radius 2 is 1.48 bits per heavy atom. The maximum absolute atomic E-state index is 13.0. The Morgan fingerprint density at radius 1 is 0.839 bits per heavy atom. The number of benzene rings is 3. The summed E-state index contributed by atoms with van der Waals surface area (Å²) in [6.45, 7) is 7.94. The van der Waals surface area contributed by atoms with E-state index in [1.807, 2.05) is 64.1 Å². The zero-order valence-electron chi connectivity index (χ0n) is 18.2. The summed E-state index contributed by atoms with van der Waals surface area (Å²) < 4.78 is 28.4. The van der Waals surface area contributed by atoms with Crippen LogP contribution < -0.4 is 10.0 Å². The summed E-state index contributed by atoms with van der Waals surface area (Å²) in [4.78, 5) is 13.1. The van der Waals surface area contributed by atoms with E-state index in [1.54, 1.807) is 24.3 Å². The van der Waals surface area contributed by atoms with Crippen LogP contribution in [0, 0.1) is 19.8 Å². The maximum Gasteiger partial charge on any atom is 0.261 e. The molecule has 0 saturated heterocycles. The normalized spacial score (nSPS) is 12.4. The highest BCUT2D eigenvalue weighted by molar-refractivity contribution is 7.92. The number of hydrogen-bond donors (Lipinski definition) is 2. The van der Waals surface area contributed by atoms with Crippen LogP contribution in [0.5, 0.6) is 0 Å². The third-order valence-corrected chi connectivity index (χ3v) is 6.64. The van der Waals surface area contributed by atoms with E-state index in [1.165, 1.54) is 12.1 Å². The first-order valence-corrected chi connectivity index (χ1v) is 11.7. The molecule has 1 amide bonds. The standard InChI is InChI=1S/C25H28N2O3S/c1-17(2)24(22-14-7-5-10-18(22)3)26-25(28)20-12-9-13-21(16-20)31(29,30)27-23-15-8-6-11-19(23)4/h5-17,24,27H,1-4H3,(H,26,28)/t24-/m1/s1. The largest absolute Gasteiger partial charge is 0.345 e. The molecule has 1 atom stereocenters. The van der Waals surface area contributed by atoms with Crippen molar-refractivity contribution in [3.05, 3.63) is 95.1 Å². The summed E-state index contributed by atoms with van der Waals surface area (Å²) in [6.07, 6.45) is 0. The van der Waals surface area contributed by atoms with Gasteiger partial charge in [-0.25, -0.2) is 8.42 Å². The molecule has 0 spiro atoms. The Bertz CT molecular complexity index is 1190. The Balaban J connectivity index is 1.86. The molecule has 0 aliphatic carbocycles. The summed E-state index contributed by atoms with van der Waals surface area (Å²) in [5, 5.41) is 3.07. The molecule has 162 valence electrons. The van der Waals surface area contributed by atoms with Gasteiger partial charge in [0.25, 0.3) is 15.9 Å². The van der Waals surface area contributed by atoms with Crippen LogP contribution in [0.3, 0.4) is 0 Å². The SMILES string of the molecule is Cc1ccccc1NS(=O)(=O)c1cccc(C(=O)N[C@@H](c2ccccc2C)C(C)C)c1. The molecule has 3 rings (SSSR count). The Hall–Kier alpha value is -3.12. The first-order valence-electron chi connectivity index (χ1n) is 10.2. The zero-order chi connectivity index (χ0) is 22.6. The fourth-order valence-corrected chi connectivity index (χ4v) is 4.64. The van der Waals surface area contributed by atoms with Crippen LogP contribution in [-0.4, -0.2) is 14.3 Å². The molecule has 31 heavy (non-hydrogen) atoms. The minimum absolute atomic E-state index is 0.0420. The van der Waals surface area contributed by atoms with Gasteiger partial charge in [-0.1, -0.05) is 62.4 Å². The van der Waals surface area contributed by atoms with Crippen molar-refractivity contribution in [1.82, 2.24) is 5.32 Å². The van der Waals surface area contributed by atoms with Crippen molar-refractivity contribution >= 4 is 21.6 Å². The van der Waals surface area contributed by atoms with Gasteiger partial charge in [0.1, 0.15) is 0 Å². The highest BCUT2D eigenvalue weighted by Crippen LogP contribution is 2.26. The van der Waals surface area contributed by atoms with Crippen LogP contribution >= 0.6 is 0 Å². The quantitative estimate of drug-likeness (QED) is 0.532. The lowest BCUT2D eigenvalue weighted by Crippen LogP contribution is -2.32. The van der Waals surface area contributed by atoms with Gasteiger partial charge in [0.15, 0.2) is 0 Å². The number of carbonyl (C=O) groups is 1. The van der Waals surface area contributed by atoms with Gasteiger partial charge in [0, 0.05) is 5.56 Å². The van der Waals surface area contributed by atoms with Gasteiger partial charge in [-0.3, -0.25) is 9.52 Å². The average Bonchev–Trinajstić information content (AvgIpc) is 2.74. The van der Waals surface area contributed by atoms with E-state index in [9.17, 15) is 13.2 Å². The van der Waals surface area contributed by atoms with Gasteiger partial charge >= 0.3 is 0 Å². The van der Waals surface area contributed by atoms with Crippen molar-refractivity contribution in [3.8, 4) is 0 Å². The van der Waals surface area contributed by atoms with Crippen molar-refractivity contribution in [3.63, 3.8) is 0 Å². The van der Waals surface area contributed by atoms with Crippen LogP contribution in [0.4, 0.5) is 5.69 Å². The van der Waals surface area contributed by atoms with E-state index in [2.05, 4.69) is 10.0 Å². The van der Waals surface area contributed by atoms with E-state index in [4.69, 9.17) is 0 Å². The first kappa shape index (κ1) is 22.6. The highest BCUT2D eigenvalue weighted by Gasteiger charge is 2.22. The summed E-state index contributed by atoms with van der Waals surface area (Å²) in [6, 6.07) is 21.0. The number of nitrogens with one attached hydrogen (secondary N) is 2. The molecular formula is C25H28N2O3S. The summed E-state index contributed by atoms with van der Waals surface area (Å²) >= 11 is 0. The molecule has 6 heteroatoms. The second-order valence-electron chi connectivity index (χ2n) is 8.00. The summed E-state index contributed by atoms with van der Waals surface area (Å²) in [7, 11) is -3.83. The lowest BCUT2D eigenvalue weighted by Gasteiger charge is -2.24. The smallest absolute Gasteiger partial charge is 0.261 e. The van der Waals surface area contributed by atoms with Gasteiger partial charge in [-0.2, -0.15) is 0 Å². The highest BCUT2D eigenvalue weighted by atomic mass is 32.2. The zero-order valence-corrected chi connectivity index (χ0v) is 19.0. The third-order valence-electron chi connectivity index (χ3n) is 5.27. The van der Waals surface area contributed by atoms with Crippen LogP contribution in [0.15, 0.2) is 77.7 Å². The molecule has 5 nitrogen and oxygen atoms in total. The molecule has 0 aromatic heterocycles. The number of anilines is 1. The van der Waals surface area contributed by atoms with E-state index in [-0.39, 0.29) is 22.8 Å². The van der Waals surface area contributed by atoms with Gasteiger partial charge < -0.3 is 5.32 Å². The molecule has 3 aromatic carbocycles. The lowest BCUT2D eigenvalue weighted by molar-refractivity contribution is 0.0925. The predicted octanol–water partition coefficient (Wildman–Crippen LogP) is 5.23. The Morgan fingerprint density at radius 3 is 2.13 bits per heavy atom. The molecule has 0 saturated carbocycles. The number of amides is 1. The maximum atomic E-state index is 13.0. The predicted molar refractivity (Wildman–Crippen MR) is 125 cm³/mol. The topological polar surface area (TPSA) is 75.3 Å². The van der Waals surface area contributed by atoms with Crippen LogP contribution in [0.1, 0.15) is 46.9 Å². The molecule has 3 aromatic rings. The first-order chi connectivity index (χ1) is 14.7. The van der Waals surface area contributed by atoms with E-state index >= 15 is 0 Å². The van der Waals surface area contributed by atoms with E-state index < -0.39 is 10.0 Å². The molecule has 0 fully saturated rings. The number of sulfonamides is 1. The Kier molecular flexibility index (Phi) is 6.81. The van der Waals surface area contributed by atoms with Crippen molar-refractivity contribution < 1.29 is 13.2 Å². The van der Waals surface area contributed by atoms with Gasteiger partial charge in [0.05, 0.1) is 16.6 Å². The minimum atomic E-state index is -3.83. The van der Waals surface area contributed by atoms with Crippen LogP contribution in [0.25, 0.3) is 0 Å². The van der Waals surface area contributed by atoms with Crippen molar-refractivity contribution in [1.29, 1.82) is 0 Å². The van der Waals surface area contributed by atoms with E-state index in [0.29, 0.717) is 11.3 Å². The molecule has 0 unspecified atom stereocenters. The number of hydrogen-bond acceptors (Lipinski definition) is 3. The van der Waals surface area contributed by atoms with Crippen molar-refractivity contribution in [2.45, 2.75) is 38.6 Å². The van der Waals surface area contributed by atoms with Gasteiger partial charge in [0.2, 0.25) is 0 Å². The molecule has 0 bridgehead atoms. The lowest BCUT2D eigenvalue weighted by atomic mass is 9.92. The molecular weight excluding hydrogens is 408 g/mol. The van der Waals surface area contributed by atoms with E-state index in [0.717, 1.165) is 16.7 Å². The molecule has 0 radical (unpaired) electrons. The number of rotatable bonds is 7. The third kappa shape index (κ3) is 5.33.